The molecule has 1 aliphatic rings. The van der Waals surface area contributed by atoms with Crippen molar-refractivity contribution in [1.82, 2.24) is 10.6 Å². The van der Waals surface area contributed by atoms with Crippen molar-refractivity contribution in [1.29, 1.82) is 0 Å². The first-order valence-electron chi connectivity index (χ1n) is 16.5. The zero-order chi connectivity index (χ0) is 35.7. The monoisotopic (exact) mass is 678 g/mol. The number of ether oxygens (including phenoxy) is 4. The van der Waals surface area contributed by atoms with Crippen LogP contribution in [0.5, 0.6) is 0 Å². The van der Waals surface area contributed by atoms with E-state index in [1.54, 1.807) is 45.0 Å². The van der Waals surface area contributed by atoms with E-state index in [2.05, 4.69) is 22.8 Å². The molecule has 2 atom stereocenters. The summed E-state index contributed by atoms with van der Waals surface area (Å²) in [5, 5.41) is 5.32. The molecule has 0 unspecified atom stereocenters. The van der Waals surface area contributed by atoms with Crippen LogP contribution < -0.4 is 10.6 Å². The molecule has 0 saturated carbocycles. The van der Waals surface area contributed by atoms with Crippen LogP contribution in [0.4, 0.5) is 9.59 Å². The lowest BCUT2D eigenvalue weighted by molar-refractivity contribution is -0.147. The molecule has 1 aliphatic carbocycles. The van der Waals surface area contributed by atoms with E-state index in [9.17, 15) is 19.2 Å². The maximum absolute atomic E-state index is 13.6. The normalized spacial score (nSPS) is 13.2. The lowest BCUT2D eigenvalue weighted by Gasteiger charge is -2.24. The summed E-state index contributed by atoms with van der Waals surface area (Å²) in [5.41, 5.74) is 5.63. The maximum atomic E-state index is 13.6. The predicted molar refractivity (Wildman–Crippen MR) is 187 cm³/mol. The highest BCUT2D eigenvalue weighted by molar-refractivity contribution is 5.83. The van der Waals surface area contributed by atoms with Crippen LogP contribution in [0.25, 0.3) is 11.1 Å². The predicted octanol–water partition coefficient (Wildman–Crippen LogP) is 6.49. The molecule has 4 aromatic carbocycles. The molecule has 0 heterocycles. The first-order valence-corrected chi connectivity index (χ1v) is 16.5. The number of amides is 2. The Labute approximate surface area is 292 Å². The molecule has 10 heteroatoms. The van der Waals surface area contributed by atoms with E-state index in [-0.39, 0.29) is 32.0 Å². The second-order valence-electron chi connectivity index (χ2n) is 13.0. The number of hydrogen-bond donors (Lipinski definition) is 2. The van der Waals surface area contributed by atoms with Crippen LogP contribution in [0.2, 0.25) is 0 Å². The zero-order valence-corrected chi connectivity index (χ0v) is 28.6. The fourth-order valence-corrected chi connectivity index (χ4v) is 5.99. The lowest BCUT2D eigenvalue weighted by Crippen LogP contribution is -2.46. The van der Waals surface area contributed by atoms with Crippen molar-refractivity contribution >= 4 is 24.1 Å². The quantitative estimate of drug-likeness (QED) is 0.129. The number of carbonyl (C=O) groups excluding carboxylic acids is 4. The van der Waals surface area contributed by atoms with Gasteiger partial charge in [0.15, 0.2) is 0 Å². The Morgan fingerprint density at radius 3 is 1.70 bits per heavy atom. The molecule has 260 valence electrons. The Hall–Kier alpha value is -5.64. The average molecular weight is 679 g/mol. The highest BCUT2D eigenvalue weighted by Crippen LogP contribution is 2.44. The third-order valence-electron chi connectivity index (χ3n) is 8.29. The molecular formula is C40H42N2O8. The van der Waals surface area contributed by atoms with Crippen molar-refractivity contribution in [3.63, 3.8) is 0 Å². The molecule has 0 saturated heterocycles. The summed E-state index contributed by atoms with van der Waals surface area (Å²) in [5.74, 6) is -1.49. The Morgan fingerprint density at radius 2 is 1.14 bits per heavy atom. The highest BCUT2D eigenvalue weighted by Gasteiger charge is 2.31. The van der Waals surface area contributed by atoms with Gasteiger partial charge in [0.2, 0.25) is 0 Å². The first kappa shape index (κ1) is 35.7. The van der Waals surface area contributed by atoms with Crippen LogP contribution in [-0.4, -0.2) is 55.5 Å². The summed E-state index contributed by atoms with van der Waals surface area (Å²) in [4.78, 5) is 52.2. The summed E-state index contributed by atoms with van der Waals surface area (Å²) in [6, 6.07) is 30.2. The number of benzene rings is 4. The molecule has 0 fully saturated rings. The molecular weight excluding hydrogens is 636 g/mol. The second kappa shape index (κ2) is 16.2. The van der Waals surface area contributed by atoms with E-state index in [0.29, 0.717) is 11.1 Å². The number of esters is 2. The van der Waals surface area contributed by atoms with Crippen molar-refractivity contribution in [3.05, 3.63) is 131 Å². The number of carbonyl (C=O) groups is 4. The summed E-state index contributed by atoms with van der Waals surface area (Å²) < 4.78 is 21.7. The standard InChI is InChI=1S/C40H42N2O8/c1-40(2,3)50-39(46)42-34(36(43)47-4)22-27-16-8-9-17-28(27)23-35(37(44)48-24-26-14-6-5-7-15-26)41-38(45)49-25-33-31-20-12-10-18-29(31)30-19-11-13-21-32(30)33/h5-21,33-35H,22-25H2,1-4H3,(H,41,45)(H,42,46)/t34-,35+/m1/s1. The Bertz CT molecular complexity index is 1770. The molecule has 2 N–H and O–H groups in total. The maximum Gasteiger partial charge on any atom is 0.408 e. The molecule has 50 heavy (non-hydrogen) atoms. The third-order valence-corrected chi connectivity index (χ3v) is 8.29. The largest absolute Gasteiger partial charge is 0.467 e. The van der Waals surface area contributed by atoms with Gasteiger partial charge in [0.05, 0.1) is 7.11 Å². The van der Waals surface area contributed by atoms with Crippen LogP contribution in [0.3, 0.4) is 0 Å². The SMILES string of the molecule is COC(=O)[C@@H](Cc1ccccc1C[C@H](NC(=O)OCC1c2ccccc2-c2ccccc21)C(=O)OCc1ccccc1)NC(=O)OC(C)(C)C. The van der Waals surface area contributed by atoms with Crippen molar-refractivity contribution in [2.24, 2.45) is 0 Å². The van der Waals surface area contributed by atoms with Crippen molar-refractivity contribution < 1.29 is 38.1 Å². The van der Waals surface area contributed by atoms with Gasteiger partial charge in [-0.25, -0.2) is 19.2 Å². The minimum Gasteiger partial charge on any atom is -0.467 e. The van der Waals surface area contributed by atoms with Gasteiger partial charge in [-0.1, -0.05) is 103 Å². The molecule has 0 spiro atoms. The minimum absolute atomic E-state index is 0.00835. The zero-order valence-electron chi connectivity index (χ0n) is 28.6. The van der Waals surface area contributed by atoms with E-state index in [1.165, 1.54) is 7.11 Å². The average Bonchev–Trinajstić information content (AvgIpc) is 3.42. The smallest absolute Gasteiger partial charge is 0.408 e. The van der Waals surface area contributed by atoms with Gasteiger partial charge in [-0.2, -0.15) is 0 Å². The summed E-state index contributed by atoms with van der Waals surface area (Å²) in [6.07, 6.45) is -1.48. The fourth-order valence-electron chi connectivity index (χ4n) is 5.99. The van der Waals surface area contributed by atoms with Gasteiger partial charge in [-0.15, -0.1) is 0 Å². The van der Waals surface area contributed by atoms with Gasteiger partial charge >= 0.3 is 24.1 Å². The van der Waals surface area contributed by atoms with E-state index in [4.69, 9.17) is 18.9 Å². The molecule has 0 aliphatic heterocycles. The van der Waals surface area contributed by atoms with Crippen LogP contribution in [0.1, 0.15) is 54.5 Å². The summed E-state index contributed by atoms with van der Waals surface area (Å²) in [6.45, 7) is 5.23. The van der Waals surface area contributed by atoms with Crippen LogP contribution in [-0.2, 0) is 48.0 Å². The fraction of sp³-hybridized carbons (Fsp3) is 0.300. The van der Waals surface area contributed by atoms with E-state index >= 15 is 0 Å². The van der Waals surface area contributed by atoms with Gasteiger partial charge in [0, 0.05) is 18.8 Å². The minimum atomic E-state index is -1.13. The molecule has 5 rings (SSSR count). The third kappa shape index (κ3) is 9.28. The Balaban J connectivity index is 1.33. The van der Waals surface area contributed by atoms with E-state index < -0.39 is 41.8 Å². The topological polar surface area (TPSA) is 129 Å². The Kier molecular flexibility index (Phi) is 11.5. The van der Waals surface area contributed by atoms with Gasteiger partial charge in [0.1, 0.15) is 30.9 Å². The first-order chi connectivity index (χ1) is 24.0. The van der Waals surface area contributed by atoms with Crippen molar-refractivity contribution in [2.75, 3.05) is 13.7 Å². The van der Waals surface area contributed by atoms with Gasteiger partial charge in [-0.05, 0) is 59.7 Å². The second-order valence-corrected chi connectivity index (χ2v) is 13.0. The van der Waals surface area contributed by atoms with Gasteiger partial charge < -0.3 is 29.6 Å². The number of methoxy groups -OCH3 is 1. The molecule has 10 nitrogen and oxygen atoms in total. The van der Waals surface area contributed by atoms with Gasteiger partial charge in [-0.3, -0.25) is 0 Å². The van der Waals surface area contributed by atoms with Gasteiger partial charge in [0.25, 0.3) is 0 Å². The van der Waals surface area contributed by atoms with E-state index in [1.807, 2.05) is 66.7 Å². The number of fused-ring (bicyclic) bond motifs is 3. The number of rotatable bonds is 12. The Morgan fingerprint density at radius 1 is 0.640 bits per heavy atom. The summed E-state index contributed by atoms with van der Waals surface area (Å²) >= 11 is 0. The molecule has 4 aromatic rings. The summed E-state index contributed by atoms with van der Waals surface area (Å²) in [7, 11) is 1.23. The number of alkyl carbamates (subject to hydrolysis) is 2. The van der Waals surface area contributed by atoms with Crippen LogP contribution >= 0.6 is 0 Å². The van der Waals surface area contributed by atoms with E-state index in [0.717, 1.165) is 27.8 Å². The van der Waals surface area contributed by atoms with Crippen molar-refractivity contribution in [3.8, 4) is 11.1 Å². The van der Waals surface area contributed by atoms with Crippen LogP contribution in [0, 0.1) is 0 Å². The highest BCUT2D eigenvalue weighted by atomic mass is 16.6. The molecule has 0 aromatic heterocycles. The molecule has 2 amide bonds. The lowest BCUT2D eigenvalue weighted by atomic mass is 9.95. The number of nitrogens with one attached hydrogen (secondary N) is 2. The molecule has 0 bridgehead atoms. The van der Waals surface area contributed by atoms with Crippen LogP contribution in [0.15, 0.2) is 103 Å². The van der Waals surface area contributed by atoms with Crippen molar-refractivity contribution in [2.45, 2.75) is 63.8 Å². The molecule has 0 radical (unpaired) electrons. The number of hydrogen-bond acceptors (Lipinski definition) is 8.